The summed E-state index contributed by atoms with van der Waals surface area (Å²) in [4.78, 5) is 17.8. The molecule has 1 aliphatic heterocycles. The number of hydroxylamine groups is 2. The number of hydrogen-bond donors (Lipinski definition) is 0. The Bertz CT molecular complexity index is 684. The lowest BCUT2D eigenvalue weighted by Crippen LogP contribution is -2.22. The molecule has 1 amide bonds. The number of amides is 1. The largest absolute Gasteiger partial charge is 0.477 e. The van der Waals surface area contributed by atoms with Gasteiger partial charge < -0.3 is 4.74 Å². The molecule has 0 aromatic heterocycles. The summed E-state index contributed by atoms with van der Waals surface area (Å²) in [7, 11) is 0. The van der Waals surface area contributed by atoms with E-state index < -0.39 is 0 Å². The van der Waals surface area contributed by atoms with Crippen molar-refractivity contribution in [2.24, 2.45) is 5.92 Å². The summed E-state index contributed by atoms with van der Waals surface area (Å²) in [6, 6.07) is 5.99. The van der Waals surface area contributed by atoms with Crippen LogP contribution in [-0.4, -0.2) is 29.0 Å². The molecule has 1 fully saturated rings. The molecular weight excluding hydrogens is 378 g/mol. The van der Waals surface area contributed by atoms with E-state index in [4.69, 9.17) is 21.8 Å². The topological polar surface area (TPSA) is 38.8 Å². The first-order valence-electron chi connectivity index (χ1n) is 7.66. The number of carbonyl (C=O) groups is 1. The van der Waals surface area contributed by atoms with Crippen LogP contribution in [0.2, 0.25) is 0 Å². The van der Waals surface area contributed by atoms with E-state index in [1.165, 1.54) is 5.06 Å². The first-order valence-corrected chi connectivity index (χ1v) is 8.86. The maximum atomic E-state index is 11.3. The highest BCUT2D eigenvalue weighted by molar-refractivity contribution is 9.10. The molecule has 1 heterocycles. The first kappa shape index (κ1) is 16.6. The molecule has 0 spiro atoms. The van der Waals surface area contributed by atoms with Crippen LogP contribution in [0.4, 0.5) is 0 Å². The van der Waals surface area contributed by atoms with E-state index in [1.54, 1.807) is 0 Å². The monoisotopic (exact) mass is 395 g/mol. The highest BCUT2D eigenvalue weighted by Crippen LogP contribution is 2.44. The fourth-order valence-electron chi connectivity index (χ4n) is 2.79. The van der Waals surface area contributed by atoms with Crippen molar-refractivity contribution >= 4 is 39.4 Å². The van der Waals surface area contributed by atoms with Gasteiger partial charge in [-0.1, -0.05) is 34.2 Å². The quantitative estimate of drug-likeness (QED) is 0.415. The van der Waals surface area contributed by atoms with E-state index in [-0.39, 0.29) is 6.10 Å². The van der Waals surface area contributed by atoms with Gasteiger partial charge in [-0.15, -0.1) is 0 Å². The van der Waals surface area contributed by atoms with Gasteiger partial charge in [-0.25, -0.2) is 0 Å². The molecular formula is C17H18BrNO3S. The Morgan fingerprint density at radius 1 is 1.52 bits per heavy atom. The lowest BCUT2D eigenvalue weighted by molar-refractivity contribution is -0.176. The van der Waals surface area contributed by atoms with Gasteiger partial charge >= 0.3 is 0 Å². The van der Waals surface area contributed by atoms with E-state index in [2.05, 4.69) is 15.9 Å². The Balaban J connectivity index is 2.05. The van der Waals surface area contributed by atoms with Crippen LogP contribution < -0.4 is 0 Å². The molecule has 0 radical (unpaired) electrons. The SMILES string of the molecule is CCOC1=C(C(=S)c2ccc(Br)cc2C)C(C2CC2)ON1C=O. The normalized spacial score (nSPS) is 20.8. The van der Waals surface area contributed by atoms with Gasteiger partial charge in [0.05, 0.1) is 17.0 Å². The maximum absolute atomic E-state index is 11.3. The smallest absolute Gasteiger partial charge is 0.240 e. The summed E-state index contributed by atoms with van der Waals surface area (Å²) in [5.41, 5.74) is 2.87. The van der Waals surface area contributed by atoms with Crippen molar-refractivity contribution in [1.29, 1.82) is 0 Å². The zero-order chi connectivity index (χ0) is 16.6. The number of hydrogen-bond acceptors (Lipinski definition) is 4. The molecule has 23 heavy (non-hydrogen) atoms. The molecule has 0 saturated heterocycles. The second-order valence-corrected chi connectivity index (χ2v) is 7.06. The highest BCUT2D eigenvalue weighted by atomic mass is 79.9. The number of halogens is 1. The third-order valence-corrected chi connectivity index (χ3v) is 4.98. The van der Waals surface area contributed by atoms with Gasteiger partial charge in [0.15, 0.2) is 0 Å². The van der Waals surface area contributed by atoms with Crippen molar-refractivity contribution in [3.63, 3.8) is 0 Å². The molecule has 0 N–H and O–H groups in total. The van der Waals surface area contributed by atoms with E-state index in [1.807, 2.05) is 32.0 Å². The zero-order valence-corrected chi connectivity index (χ0v) is 15.4. The van der Waals surface area contributed by atoms with Crippen LogP contribution in [0.15, 0.2) is 34.1 Å². The van der Waals surface area contributed by atoms with Gasteiger partial charge in [-0.2, -0.15) is 5.06 Å². The first-order chi connectivity index (χ1) is 11.1. The van der Waals surface area contributed by atoms with Crippen molar-refractivity contribution in [3.8, 4) is 0 Å². The predicted molar refractivity (Wildman–Crippen MR) is 94.7 cm³/mol. The van der Waals surface area contributed by atoms with Crippen LogP contribution in [0.5, 0.6) is 0 Å². The number of rotatable bonds is 6. The number of thiocarbonyl (C=S) groups is 1. The molecule has 1 aliphatic carbocycles. The van der Waals surface area contributed by atoms with E-state index >= 15 is 0 Å². The lowest BCUT2D eigenvalue weighted by atomic mass is 9.95. The Kier molecular flexibility index (Phi) is 4.85. The van der Waals surface area contributed by atoms with Crippen LogP contribution in [-0.2, 0) is 14.4 Å². The second-order valence-electron chi connectivity index (χ2n) is 5.73. The molecule has 1 aromatic rings. The van der Waals surface area contributed by atoms with Crippen molar-refractivity contribution < 1.29 is 14.4 Å². The summed E-state index contributed by atoms with van der Waals surface area (Å²) in [5.74, 6) is 0.839. The molecule has 122 valence electrons. The fraction of sp³-hybridized carbons (Fsp3) is 0.412. The van der Waals surface area contributed by atoms with Crippen LogP contribution >= 0.6 is 28.1 Å². The molecule has 1 atom stereocenters. The summed E-state index contributed by atoms with van der Waals surface area (Å²) < 4.78 is 6.70. The van der Waals surface area contributed by atoms with Crippen LogP contribution in [0.1, 0.15) is 30.9 Å². The Labute approximate surface area is 149 Å². The summed E-state index contributed by atoms with van der Waals surface area (Å²) in [6.07, 6.45) is 2.62. The van der Waals surface area contributed by atoms with Crippen LogP contribution in [0, 0.1) is 12.8 Å². The fourth-order valence-corrected chi connectivity index (χ4v) is 3.70. The standard InChI is InChI=1S/C17H18BrNO3S/c1-3-21-17-14(15(11-4-5-11)22-19(17)9-20)16(23)13-7-6-12(18)8-10(13)2/h6-9,11,15H,3-5H2,1-2H3. The molecule has 0 bridgehead atoms. The van der Waals surface area contributed by atoms with Gasteiger partial charge in [-0.3, -0.25) is 9.63 Å². The third-order valence-electron chi connectivity index (χ3n) is 4.05. The van der Waals surface area contributed by atoms with E-state index in [0.717, 1.165) is 34.0 Å². The lowest BCUT2D eigenvalue weighted by Gasteiger charge is -2.14. The molecule has 2 aliphatic rings. The van der Waals surface area contributed by atoms with Crippen LogP contribution in [0.25, 0.3) is 0 Å². The number of carbonyl (C=O) groups excluding carboxylic acids is 1. The third kappa shape index (κ3) is 3.20. The molecule has 6 heteroatoms. The summed E-state index contributed by atoms with van der Waals surface area (Å²) in [6.45, 7) is 4.35. The second kappa shape index (κ2) is 6.71. The number of aryl methyl sites for hydroxylation is 1. The zero-order valence-electron chi connectivity index (χ0n) is 13.0. The molecule has 1 saturated carbocycles. The van der Waals surface area contributed by atoms with E-state index in [0.29, 0.717) is 29.7 Å². The van der Waals surface area contributed by atoms with E-state index in [9.17, 15) is 4.79 Å². The molecule has 1 aromatic carbocycles. The average molecular weight is 396 g/mol. The minimum absolute atomic E-state index is 0.197. The summed E-state index contributed by atoms with van der Waals surface area (Å²) >= 11 is 9.22. The Hall–Kier alpha value is -1.24. The minimum atomic E-state index is -0.197. The maximum Gasteiger partial charge on any atom is 0.240 e. The Morgan fingerprint density at radius 2 is 2.26 bits per heavy atom. The number of benzene rings is 1. The molecule has 4 nitrogen and oxygen atoms in total. The highest BCUT2D eigenvalue weighted by Gasteiger charge is 2.45. The van der Waals surface area contributed by atoms with Crippen LogP contribution in [0.3, 0.4) is 0 Å². The number of ether oxygens (including phenoxy) is 1. The van der Waals surface area contributed by atoms with Crippen molar-refractivity contribution in [2.75, 3.05) is 6.61 Å². The van der Waals surface area contributed by atoms with Gasteiger partial charge in [-0.05, 0) is 55.9 Å². The molecule has 3 rings (SSSR count). The summed E-state index contributed by atoms with van der Waals surface area (Å²) in [5, 5.41) is 1.18. The van der Waals surface area contributed by atoms with Gasteiger partial charge in [0.1, 0.15) is 6.10 Å². The minimum Gasteiger partial charge on any atom is -0.477 e. The van der Waals surface area contributed by atoms with Gasteiger partial charge in [0.25, 0.3) is 0 Å². The van der Waals surface area contributed by atoms with Gasteiger partial charge in [0.2, 0.25) is 12.3 Å². The van der Waals surface area contributed by atoms with Crippen molar-refractivity contribution in [3.05, 3.63) is 45.3 Å². The molecule has 1 unspecified atom stereocenters. The Morgan fingerprint density at radius 3 is 2.83 bits per heavy atom. The van der Waals surface area contributed by atoms with Crippen molar-refractivity contribution in [2.45, 2.75) is 32.8 Å². The number of nitrogens with zero attached hydrogens (tertiary/aromatic N) is 1. The van der Waals surface area contributed by atoms with Gasteiger partial charge in [0, 0.05) is 4.47 Å². The van der Waals surface area contributed by atoms with Crippen molar-refractivity contribution in [1.82, 2.24) is 5.06 Å². The average Bonchev–Trinajstić information content (AvgIpc) is 3.29. The predicted octanol–water partition coefficient (Wildman–Crippen LogP) is 3.91.